The van der Waals surface area contributed by atoms with E-state index in [1.54, 1.807) is 6.92 Å². The minimum Gasteiger partial charge on any atom is -0.351 e. The molecule has 1 saturated carbocycles. The Morgan fingerprint density at radius 1 is 1.11 bits per heavy atom. The molecular weight excluding hydrogens is 342 g/mol. The zero-order valence-corrected chi connectivity index (χ0v) is 16.6. The van der Waals surface area contributed by atoms with Crippen LogP contribution in [0.5, 0.6) is 0 Å². The number of benzene rings is 1. The van der Waals surface area contributed by atoms with E-state index in [0.717, 1.165) is 25.7 Å². The van der Waals surface area contributed by atoms with Gasteiger partial charge in [0.05, 0.1) is 6.54 Å². The Morgan fingerprint density at radius 3 is 2.30 bits per heavy atom. The van der Waals surface area contributed by atoms with E-state index in [4.69, 9.17) is 0 Å². The molecule has 1 aromatic carbocycles. The maximum atomic E-state index is 13.2. The Kier molecular flexibility index (Phi) is 7.39. The number of hydrogen-bond acceptors (Lipinski definition) is 3. The zero-order chi connectivity index (χ0) is 19.9. The van der Waals surface area contributed by atoms with Gasteiger partial charge in [0.25, 0.3) is 0 Å². The molecule has 0 aliphatic heterocycles. The van der Waals surface area contributed by atoms with Crippen LogP contribution < -0.4 is 15.5 Å². The third-order valence-corrected chi connectivity index (χ3v) is 5.36. The number of rotatable bonds is 7. The lowest BCUT2D eigenvalue weighted by Crippen LogP contribution is -2.62. The lowest BCUT2D eigenvalue weighted by Gasteiger charge is -2.40. The van der Waals surface area contributed by atoms with Gasteiger partial charge in [-0.1, -0.05) is 44.4 Å². The van der Waals surface area contributed by atoms with Crippen molar-refractivity contribution in [2.24, 2.45) is 0 Å². The van der Waals surface area contributed by atoms with Crippen LogP contribution in [0.3, 0.4) is 0 Å². The summed E-state index contributed by atoms with van der Waals surface area (Å²) in [5.41, 5.74) is -0.384. The van der Waals surface area contributed by atoms with E-state index in [1.165, 1.54) is 18.2 Å². The first-order chi connectivity index (χ1) is 12.9. The summed E-state index contributed by atoms with van der Waals surface area (Å²) in [5, 5.41) is 5.71. The van der Waals surface area contributed by atoms with Crippen LogP contribution in [-0.2, 0) is 14.4 Å². The van der Waals surface area contributed by atoms with Gasteiger partial charge in [-0.2, -0.15) is 0 Å². The fraction of sp³-hybridized carbons (Fsp3) is 0.571. The van der Waals surface area contributed by atoms with Gasteiger partial charge in [0.2, 0.25) is 17.7 Å². The Hall–Kier alpha value is -2.37. The number of hydrogen-bond donors (Lipinski definition) is 2. The second-order valence-corrected chi connectivity index (χ2v) is 7.41. The van der Waals surface area contributed by atoms with Crippen molar-refractivity contribution in [3.05, 3.63) is 30.3 Å². The van der Waals surface area contributed by atoms with Crippen LogP contribution in [0.15, 0.2) is 30.3 Å². The van der Waals surface area contributed by atoms with Gasteiger partial charge in [-0.15, -0.1) is 0 Å². The normalized spacial score (nSPS) is 16.9. The molecule has 0 spiro atoms. The summed E-state index contributed by atoms with van der Waals surface area (Å²) < 4.78 is 0. The summed E-state index contributed by atoms with van der Waals surface area (Å²) in [6, 6.07) is 9.33. The Balaban J connectivity index is 2.29. The van der Waals surface area contributed by atoms with Crippen molar-refractivity contribution in [2.75, 3.05) is 11.4 Å². The molecule has 1 fully saturated rings. The molecule has 1 atom stereocenters. The second-order valence-electron chi connectivity index (χ2n) is 7.41. The number of amides is 3. The highest BCUT2D eigenvalue weighted by Gasteiger charge is 2.42. The molecular formula is C21H31N3O3. The second kappa shape index (κ2) is 9.53. The van der Waals surface area contributed by atoms with Crippen LogP contribution in [0, 0.1) is 0 Å². The lowest BCUT2D eigenvalue weighted by molar-refractivity contribution is -0.131. The third-order valence-electron chi connectivity index (χ3n) is 5.36. The third kappa shape index (κ3) is 5.31. The van der Waals surface area contributed by atoms with Crippen molar-refractivity contribution < 1.29 is 14.4 Å². The smallest absolute Gasteiger partial charge is 0.247 e. The zero-order valence-electron chi connectivity index (χ0n) is 16.6. The van der Waals surface area contributed by atoms with Crippen LogP contribution in [0.25, 0.3) is 0 Å². The molecule has 6 nitrogen and oxygen atoms in total. The number of nitrogens with one attached hydrogen (secondary N) is 2. The molecule has 0 saturated heterocycles. The molecule has 148 valence electrons. The van der Waals surface area contributed by atoms with Gasteiger partial charge < -0.3 is 10.6 Å². The van der Waals surface area contributed by atoms with Crippen molar-refractivity contribution in [3.63, 3.8) is 0 Å². The van der Waals surface area contributed by atoms with Crippen LogP contribution in [-0.4, -0.2) is 35.8 Å². The van der Waals surface area contributed by atoms with Gasteiger partial charge in [0, 0.05) is 18.7 Å². The van der Waals surface area contributed by atoms with Crippen LogP contribution in [0.4, 0.5) is 5.69 Å². The molecule has 1 aliphatic rings. The molecule has 2 N–H and O–H groups in total. The van der Waals surface area contributed by atoms with Crippen molar-refractivity contribution in [1.82, 2.24) is 10.6 Å². The quantitative estimate of drug-likeness (QED) is 0.771. The predicted octanol–water partition coefficient (Wildman–Crippen LogP) is 2.77. The minimum atomic E-state index is -1.03. The molecule has 0 unspecified atom stereocenters. The number of nitrogens with zero attached hydrogens (tertiary/aromatic N) is 1. The van der Waals surface area contributed by atoms with Gasteiger partial charge in [-0.3, -0.25) is 19.3 Å². The van der Waals surface area contributed by atoms with E-state index >= 15 is 0 Å². The van der Waals surface area contributed by atoms with Crippen LogP contribution in [0.1, 0.15) is 59.3 Å². The molecule has 0 aromatic heterocycles. The van der Waals surface area contributed by atoms with Gasteiger partial charge in [0.15, 0.2) is 0 Å². The number of carbonyl (C=O) groups excluding carboxylic acids is 3. The molecule has 0 heterocycles. The first-order valence-corrected chi connectivity index (χ1v) is 9.82. The topological polar surface area (TPSA) is 78.5 Å². The Labute approximate surface area is 161 Å². The summed E-state index contributed by atoms with van der Waals surface area (Å²) in [7, 11) is 0. The van der Waals surface area contributed by atoms with Crippen molar-refractivity contribution in [3.8, 4) is 0 Å². The maximum Gasteiger partial charge on any atom is 0.247 e. The molecule has 1 aromatic rings. The highest BCUT2D eigenvalue weighted by molar-refractivity contribution is 6.04. The highest BCUT2D eigenvalue weighted by Crippen LogP contribution is 2.28. The average Bonchev–Trinajstić information content (AvgIpc) is 2.68. The minimum absolute atomic E-state index is 0.142. The molecule has 1 aliphatic carbocycles. The summed E-state index contributed by atoms with van der Waals surface area (Å²) in [6.07, 6.45) is 5.89. The highest BCUT2D eigenvalue weighted by atomic mass is 16.2. The summed E-state index contributed by atoms with van der Waals surface area (Å²) in [4.78, 5) is 39.0. The summed E-state index contributed by atoms with van der Waals surface area (Å²) >= 11 is 0. The first kappa shape index (κ1) is 20.9. The molecule has 27 heavy (non-hydrogen) atoms. The fourth-order valence-corrected chi connectivity index (χ4v) is 3.57. The number of carbonyl (C=O) groups is 3. The molecule has 6 heteroatoms. The van der Waals surface area contributed by atoms with E-state index in [0.29, 0.717) is 12.1 Å². The molecule has 3 amide bonds. The summed E-state index contributed by atoms with van der Waals surface area (Å²) in [5.74, 6) is -0.724. The van der Waals surface area contributed by atoms with Crippen molar-refractivity contribution in [1.29, 1.82) is 0 Å². The Morgan fingerprint density at radius 2 is 1.74 bits per heavy atom. The molecule has 2 rings (SSSR count). The average molecular weight is 373 g/mol. The van der Waals surface area contributed by atoms with Crippen molar-refractivity contribution in [2.45, 2.75) is 70.9 Å². The first-order valence-electron chi connectivity index (χ1n) is 9.82. The monoisotopic (exact) mass is 373 g/mol. The number of para-hydroxylation sites is 1. The largest absolute Gasteiger partial charge is 0.351 e. The van der Waals surface area contributed by atoms with E-state index in [1.807, 2.05) is 37.3 Å². The van der Waals surface area contributed by atoms with Crippen LogP contribution >= 0.6 is 0 Å². The van der Waals surface area contributed by atoms with Gasteiger partial charge >= 0.3 is 0 Å². The summed E-state index contributed by atoms with van der Waals surface area (Å²) in [6.45, 7) is 4.93. The SMILES string of the molecule is CC[C@](C)(C(=O)NC1CCCCC1)N(C(=O)CNC(C)=O)c1ccccc1. The number of anilines is 1. The van der Waals surface area contributed by atoms with Crippen molar-refractivity contribution >= 4 is 23.4 Å². The van der Waals surface area contributed by atoms with E-state index < -0.39 is 5.54 Å². The predicted molar refractivity (Wildman–Crippen MR) is 106 cm³/mol. The van der Waals surface area contributed by atoms with Crippen LogP contribution in [0.2, 0.25) is 0 Å². The standard InChI is InChI=1S/C21H31N3O3/c1-4-21(3,20(27)23-17-11-7-5-8-12-17)24(18-13-9-6-10-14-18)19(26)15-22-16(2)25/h6,9-10,13-14,17H,4-5,7-8,11-12,15H2,1-3H3,(H,22,25)(H,23,27)/t21-/m1/s1. The maximum absolute atomic E-state index is 13.2. The van der Waals surface area contributed by atoms with Gasteiger partial charge in [-0.05, 0) is 38.3 Å². The van der Waals surface area contributed by atoms with Gasteiger partial charge in [0.1, 0.15) is 5.54 Å². The lowest BCUT2D eigenvalue weighted by atomic mass is 9.90. The van der Waals surface area contributed by atoms with E-state index in [9.17, 15) is 14.4 Å². The van der Waals surface area contributed by atoms with E-state index in [-0.39, 0.29) is 30.3 Å². The van der Waals surface area contributed by atoms with E-state index in [2.05, 4.69) is 10.6 Å². The fourth-order valence-electron chi connectivity index (χ4n) is 3.57. The Bertz CT molecular complexity index is 656. The molecule has 0 bridgehead atoms. The van der Waals surface area contributed by atoms with Gasteiger partial charge in [-0.25, -0.2) is 0 Å². The molecule has 0 radical (unpaired) electrons.